The standard InChI is InChI=1S/C61H66ClN7O6/c1-5-65(6-2)47-29-31-51-54(36-47)75-55-37-48(66(7-3)8-4)30-32-52(55)59(51)49-23-15-16-24-50(49)60(73)63-33-17-18-34-67-41-58(72)68(38-44-21-13-10-14-22-44)40-56(70)64-53(35-43-19-11-9-12-20-43)61(74)69(42-57(67)71)39-45-25-27-46(62)28-26-45/h9-16,19-32,36-37,53H,5-8,17-18,33-35,38-42H2,1-4H3,(H-,63,64,70,73)/p+1/t53-/m0/s1. The molecule has 1 aliphatic carbocycles. The van der Waals surface area contributed by atoms with Gasteiger partial charge in [-0.3, -0.25) is 24.0 Å². The van der Waals surface area contributed by atoms with Crippen molar-refractivity contribution in [2.75, 3.05) is 63.8 Å². The molecule has 8 rings (SSSR count). The second-order valence-corrected chi connectivity index (χ2v) is 19.3. The molecule has 0 spiro atoms. The van der Waals surface area contributed by atoms with Gasteiger partial charge in [0.2, 0.25) is 29.0 Å². The second kappa shape index (κ2) is 25.4. The Morgan fingerprint density at radius 2 is 1.32 bits per heavy atom. The van der Waals surface area contributed by atoms with Crippen molar-refractivity contribution in [2.24, 2.45) is 0 Å². The van der Waals surface area contributed by atoms with E-state index in [4.69, 9.17) is 16.0 Å². The van der Waals surface area contributed by atoms with Crippen LogP contribution < -0.4 is 25.5 Å². The summed E-state index contributed by atoms with van der Waals surface area (Å²) < 4.78 is 9.00. The van der Waals surface area contributed by atoms with Crippen molar-refractivity contribution in [1.29, 1.82) is 0 Å². The number of anilines is 1. The van der Waals surface area contributed by atoms with E-state index in [1.54, 1.807) is 24.3 Å². The van der Waals surface area contributed by atoms with Crippen LogP contribution in [0.1, 0.15) is 67.6 Å². The molecule has 5 amide bonds. The molecule has 2 N–H and O–H groups in total. The average Bonchev–Trinajstić information content (AvgIpc) is 3.42. The van der Waals surface area contributed by atoms with Gasteiger partial charge in [0.25, 0.3) is 5.91 Å². The monoisotopic (exact) mass is 1030 g/mol. The molecule has 14 heteroatoms. The molecular weight excluding hydrogens is 962 g/mol. The first-order valence-electron chi connectivity index (χ1n) is 26.1. The molecule has 1 atom stereocenters. The van der Waals surface area contributed by atoms with E-state index in [0.717, 1.165) is 87.3 Å². The van der Waals surface area contributed by atoms with Crippen LogP contribution in [-0.2, 0) is 38.7 Å². The highest BCUT2D eigenvalue weighted by Gasteiger charge is 2.33. The molecule has 388 valence electrons. The number of rotatable bonds is 18. The molecule has 5 aromatic carbocycles. The van der Waals surface area contributed by atoms with Gasteiger partial charge in [0.1, 0.15) is 37.0 Å². The number of nitrogens with zero attached hydrogens (tertiary/aromatic N) is 5. The fourth-order valence-electron chi connectivity index (χ4n) is 9.91. The van der Waals surface area contributed by atoms with Crippen LogP contribution in [0, 0.1) is 0 Å². The summed E-state index contributed by atoms with van der Waals surface area (Å²) in [7, 11) is 0. The summed E-state index contributed by atoms with van der Waals surface area (Å²) in [6.45, 7) is 11.6. The first-order valence-corrected chi connectivity index (χ1v) is 26.5. The van der Waals surface area contributed by atoms with E-state index in [2.05, 4.69) is 84.2 Å². The molecule has 0 radical (unpaired) electrons. The van der Waals surface area contributed by atoms with Crippen molar-refractivity contribution in [1.82, 2.24) is 29.9 Å². The van der Waals surface area contributed by atoms with Crippen LogP contribution in [0.4, 0.5) is 5.69 Å². The van der Waals surface area contributed by atoms with Crippen molar-refractivity contribution in [2.45, 2.75) is 66.1 Å². The fourth-order valence-corrected chi connectivity index (χ4v) is 10.0. The van der Waals surface area contributed by atoms with Crippen LogP contribution in [0.5, 0.6) is 0 Å². The lowest BCUT2D eigenvalue weighted by atomic mass is 9.90. The predicted octanol–water partition coefficient (Wildman–Crippen LogP) is 8.65. The zero-order chi connectivity index (χ0) is 52.8. The van der Waals surface area contributed by atoms with Gasteiger partial charge in [-0.25, -0.2) is 4.58 Å². The molecule has 5 aromatic rings. The largest absolute Gasteiger partial charge is 0.456 e. The van der Waals surface area contributed by atoms with Gasteiger partial charge >= 0.3 is 0 Å². The molecule has 3 aliphatic rings. The van der Waals surface area contributed by atoms with Crippen LogP contribution in [-0.4, -0.2) is 109 Å². The van der Waals surface area contributed by atoms with Gasteiger partial charge in [-0.2, -0.15) is 0 Å². The number of fused-ring (bicyclic) bond motifs is 2. The maximum atomic E-state index is 14.7. The maximum absolute atomic E-state index is 14.7. The van der Waals surface area contributed by atoms with Gasteiger partial charge in [-0.15, -0.1) is 0 Å². The number of unbranched alkanes of at least 4 members (excludes halogenated alkanes) is 1. The van der Waals surface area contributed by atoms with Crippen molar-refractivity contribution in [3.05, 3.63) is 178 Å². The molecule has 13 nitrogen and oxygen atoms in total. The maximum Gasteiger partial charge on any atom is 0.251 e. The Morgan fingerprint density at radius 3 is 2.03 bits per heavy atom. The molecule has 0 aromatic heterocycles. The van der Waals surface area contributed by atoms with Gasteiger partial charge in [-0.05, 0) is 99.2 Å². The third kappa shape index (κ3) is 13.3. The molecule has 1 saturated heterocycles. The van der Waals surface area contributed by atoms with Gasteiger partial charge in [0.15, 0.2) is 0 Å². The van der Waals surface area contributed by atoms with Crippen LogP contribution in [0.3, 0.4) is 0 Å². The summed E-state index contributed by atoms with van der Waals surface area (Å²) >= 11 is 6.23. The first kappa shape index (κ1) is 53.5. The van der Waals surface area contributed by atoms with Crippen LogP contribution in [0.25, 0.3) is 33.4 Å². The van der Waals surface area contributed by atoms with Gasteiger partial charge < -0.3 is 34.7 Å². The highest BCUT2D eigenvalue weighted by atomic mass is 35.5. The van der Waals surface area contributed by atoms with Crippen LogP contribution in [0.15, 0.2) is 150 Å². The quantitative estimate of drug-likeness (QED) is 0.0499. The number of carbonyl (C=O) groups excluding carboxylic acids is 5. The zero-order valence-electron chi connectivity index (χ0n) is 43.4. The van der Waals surface area contributed by atoms with E-state index in [1.165, 1.54) is 14.7 Å². The van der Waals surface area contributed by atoms with E-state index < -0.39 is 29.7 Å². The summed E-state index contributed by atoms with van der Waals surface area (Å²) in [5, 5.41) is 8.54. The molecule has 0 unspecified atom stereocenters. The molecule has 75 heavy (non-hydrogen) atoms. The normalized spacial score (nSPS) is 14.7. The smallest absolute Gasteiger partial charge is 0.251 e. The lowest BCUT2D eigenvalue weighted by Crippen LogP contribution is -2.56. The predicted molar refractivity (Wildman–Crippen MR) is 297 cm³/mol. The van der Waals surface area contributed by atoms with E-state index in [-0.39, 0.29) is 58.1 Å². The van der Waals surface area contributed by atoms with E-state index in [0.29, 0.717) is 23.4 Å². The second-order valence-electron chi connectivity index (χ2n) is 18.9. The first-order chi connectivity index (χ1) is 36.5. The number of benzene rings is 6. The summed E-state index contributed by atoms with van der Waals surface area (Å²) in [5.41, 5.74) is 7.22. The summed E-state index contributed by atoms with van der Waals surface area (Å²) in [5.74, 6) is -1.28. The third-order valence-electron chi connectivity index (χ3n) is 14.0. The number of hydrogen-bond donors (Lipinski definition) is 2. The highest BCUT2D eigenvalue weighted by molar-refractivity contribution is 6.30. The topological polar surface area (TPSA) is 139 Å². The Balaban J connectivity index is 1.04. The van der Waals surface area contributed by atoms with E-state index in [1.807, 2.05) is 84.9 Å². The summed E-state index contributed by atoms with van der Waals surface area (Å²) in [6.07, 6.45) is 1.08. The van der Waals surface area contributed by atoms with Gasteiger partial charge in [0, 0.05) is 90.6 Å². The van der Waals surface area contributed by atoms with Crippen molar-refractivity contribution in [3.63, 3.8) is 0 Å². The zero-order valence-corrected chi connectivity index (χ0v) is 44.2. The summed E-state index contributed by atoms with van der Waals surface area (Å²) in [4.78, 5) is 78.7. The Hall–Kier alpha value is -7.77. The SMILES string of the molecule is CCN(CC)c1ccc2c(-c3ccccc3C(=O)NCCCCN3CC(=O)N(Cc4ccccc4)CC(=O)N[C@@H](Cc4ccccc4)C(=O)N(Cc4ccc(Cl)cc4)CC3=O)c3ccc(=[N+](CC)CC)cc-3oc2c1. The van der Waals surface area contributed by atoms with Gasteiger partial charge in [0.05, 0.1) is 19.2 Å². The van der Waals surface area contributed by atoms with E-state index >= 15 is 0 Å². The number of carbonyl (C=O) groups is 5. The average molecular weight is 1030 g/mol. The number of hydrogen-bond acceptors (Lipinski definition) is 7. The molecule has 2 aliphatic heterocycles. The Labute approximate surface area is 444 Å². The lowest BCUT2D eigenvalue weighted by Gasteiger charge is -2.33. The summed E-state index contributed by atoms with van der Waals surface area (Å²) in [6, 6.07) is 44.9. The minimum atomic E-state index is -1.03. The fraction of sp³-hybridized carbons (Fsp3) is 0.311. The van der Waals surface area contributed by atoms with Crippen molar-refractivity contribution in [3.8, 4) is 22.5 Å². The van der Waals surface area contributed by atoms with Crippen molar-refractivity contribution < 1.29 is 28.4 Å². The third-order valence-corrected chi connectivity index (χ3v) is 14.2. The van der Waals surface area contributed by atoms with Crippen LogP contribution >= 0.6 is 11.6 Å². The Bertz CT molecular complexity index is 3150. The van der Waals surface area contributed by atoms with E-state index in [9.17, 15) is 24.0 Å². The lowest BCUT2D eigenvalue weighted by molar-refractivity contribution is -0.148. The Morgan fingerprint density at radius 1 is 0.680 bits per heavy atom. The van der Waals surface area contributed by atoms with Gasteiger partial charge in [-0.1, -0.05) is 103 Å². The number of halogens is 1. The molecule has 2 heterocycles. The number of nitrogens with one attached hydrogen (secondary N) is 2. The highest BCUT2D eigenvalue weighted by Crippen LogP contribution is 2.42. The molecule has 0 saturated carbocycles. The number of amides is 5. The minimum Gasteiger partial charge on any atom is -0.456 e. The minimum absolute atomic E-state index is 0.0658. The molecular formula is C61H67ClN7O6+. The van der Waals surface area contributed by atoms with Crippen molar-refractivity contribution >= 4 is 57.8 Å². The van der Waals surface area contributed by atoms with Crippen LogP contribution in [0.2, 0.25) is 5.02 Å². The Kier molecular flexibility index (Phi) is 18.2. The molecule has 0 bridgehead atoms. The molecule has 1 fully saturated rings.